The summed E-state index contributed by atoms with van der Waals surface area (Å²) in [6.45, 7) is 5.03. The number of thiazole rings is 1. The Bertz CT molecular complexity index is 496. The summed E-state index contributed by atoms with van der Waals surface area (Å²) in [6.07, 6.45) is 0. The van der Waals surface area contributed by atoms with Crippen LogP contribution in [-0.4, -0.2) is 4.98 Å². The Morgan fingerprint density at radius 1 is 1.47 bits per heavy atom. The molecule has 0 aliphatic rings. The van der Waals surface area contributed by atoms with Crippen molar-refractivity contribution in [2.24, 2.45) is 0 Å². The smallest absolute Gasteiger partial charge is 0.0798 e. The van der Waals surface area contributed by atoms with Crippen LogP contribution in [0.5, 0.6) is 0 Å². The molecule has 1 aromatic heterocycles. The van der Waals surface area contributed by atoms with E-state index in [1.807, 2.05) is 30.6 Å². The normalized spacial score (nSPS) is 12.6. The number of halogens is 1. The van der Waals surface area contributed by atoms with E-state index in [0.717, 1.165) is 17.3 Å². The molecule has 2 aromatic rings. The molecule has 2 nitrogen and oxygen atoms in total. The van der Waals surface area contributed by atoms with Gasteiger partial charge in [0.1, 0.15) is 0 Å². The summed E-state index contributed by atoms with van der Waals surface area (Å²) >= 11 is 7.67. The number of benzene rings is 1. The Morgan fingerprint density at radius 3 is 2.94 bits per heavy atom. The first-order valence-corrected chi connectivity index (χ1v) is 6.80. The van der Waals surface area contributed by atoms with Crippen LogP contribution in [-0.2, 0) is 6.54 Å². The molecule has 0 fully saturated rings. The fraction of sp³-hybridized carbons (Fsp3) is 0.308. The van der Waals surface area contributed by atoms with Crippen molar-refractivity contribution in [1.29, 1.82) is 0 Å². The van der Waals surface area contributed by atoms with E-state index in [9.17, 15) is 0 Å². The Kier molecular flexibility index (Phi) is 4.15. The van der Waals surface area contributed by atoms with Gasteiger partial charge in [-0.2, -0.15) is 0 Å². The molecule has 0 aliphatic heterocycles. The number of rotatable bonds is 4. The molecule has 4 heteroatoms. The Morgan fingerprint density at radius 2 is 2.29 bits per heavy atom. The van der Waals surface area contributed by atoms with E-state index >= 15 is 0 Å². The van der Waals surface area contributed by atoms with Crippen molar-refractivity contribution in [2.75, 3.05) is 0 Å². The molecule has 2 rings (SSSR count). The minimum absolute atomic E-state index is 0.287. The maximum absolute atomic E-state index is 5.98. The van der Waals surface area contributed by atoms with E-state index in [2.05, 4.69) is 23.3 Å². The van der Waals surface area contributed by atoms with Gasteiger partial charge in [0.05, 0.1) is 11.2 Å². The highest BCUT2D eigenvalue weighted by molar-refractivity contribution is 7.09. The number of hydrogen-bond donors (Lipinski definition) is 1. The van der Waals surface area contributed by atoms with Crippen LogP contribution in [0.4, 0.5) is 0 Å². The number of nitrogens with zero attached hydrogens (tertiary/aromatic N) is 1. The molecule has 1 unspecified atom stereocenters. The standard InChI is InChI=1S/C13H15ClN2S/c1-9(11-4-3-5-12(14)6-11)15-7-13-10(2)16-8-17-13/h3-6,8-9,15H,7H2,1-2H3. The number of hydrogen-bond acceptors (Lipinski definition) is 3. The molecule has 0 saturated carbocycles. The van der Waals surface area contributed by atoms with Gasteiger partial charge in [0.15, 0.2) is 0 Å². The van der Waals surface area contributed by atoms with Gasteiger partial charge in [0.2, 0.25) is 0 Å². The molecule has 17 heavy (non-hydrogen) atoms. The molecule has 1 N–H and O–H groups in total. The van der Waals surface area contributed by atoms with Crippen LogP contribution in [0.25, 0.3) is 0 Å². The van der Waals surface area contributed by atoms with E-state index < -0.39 is 0 Å². The predicted molar refractivity (Wildman–Crippen MR) is 73.6 cm³/mol. The Balaban J connectivity index is 1.98. The van der Waals surface area contributed by atoms with Crippen LogP contribution < -0.4 is 5.32 Å². The largest absolute Gasteiger partial charge is 0.305 e. The third-order valence-electron chi connectivity index (χ3n) is 2.76. The summed E-state index contributed by atoms with van der Waals surface area (Å²) in [4.78, 5) is 5.53. The molecule has 1 atom stereocenters. The van der Waals surface area contributed by atoms with Gasteiger partial charge < -0.3 is 5.32 Å². The lowest BCUT2D eigenvalue weighted by Crippen LogP contribution is -2.17. The van der Waals surface area contributed by atoms with Crippen molar-refractivity contribution < 1.29 is 0 Å². The zero-order valence-corrected chi connectivity index (χ0v) is 11.5. The van der Waals surface area contributed by atoms with Gasteiger partial charge in [-0.1, -0.05) is 23.7 Å². The summed E-state index contributed by atoms with van der Waals surface area (Å²) in [7, 11) is 0. The molecule has 0 bridgehead atoms. The summed E-state index contributed by atoms with van der Waals surface area (Å²) in [5.41, 5.74) is 4.21. The van der Waals surface area contributed by atoms with E-state index in [-0.39, 0.29) is 6.04 Å². The van der Waals surface area contributed by atoms with Crippen molar-refractivity contribution >= 4 is 22.9 Å². The third-order valence-corrected chi connectivity index (χ3v) is 3.93. The molecule has 90 valence electrons. The average Bonchev–Trinajstić information content (AvgIpc) is 2.72. The summed E-state index contributed by atoms with van der Waals surface area (Å²) in [5.74, 6) is 0. The zero-order chi connectivity index (χ0) is 12.3. The monoisotopic (exact) mass is 266 g/mol. The summed E-state index contributed by atoms with van der Waals surface area (Å²) in [6, 6.07) is 8.25. The second kappa shape index (κ2) is 5.63. The van der Waals surface area contributed by atoms with Crippen molar-refractivity contribution in [2.45, 2.75) is 26.4 Å². The van der Waals surface area contributed by atoms with Gasteiger partial charge in [-0.05, 0) is 31.5 Å². The van der Waals surface area contributed by atoms with Crippen LogP contribution in [0.2, 0.25) is 5.02 Å². The molecule has 1 heterocycles. The molecule has 0 aliphatic carbocycles. The first-order chi connectivity index (χ1) is 8.16. The molecule has 0 amide bonds. The highest BCUT2D eigenvalue weighted by Crippen LogP contribution is 2.19. The summed E-state index contributed by atoms with van der Waals surface area (Å²) < 4.78 is 0. The molecule has 0 saturated heterocycles. The van der Waals surface area contributed by atoms with Gasteiger partial charge in [-0.15, -0.1) is 11.3 Å². The molecule has 0 spiro atoms. The third kappa shape index (κ3) is 3.28. The van der Waals surface area contributed by atoms with Crippen molar-refractivity contribution in [3.8, 4) is 0 Å². The molecule has 0 radical (unpaired) electrons. The van der Waals surface area contributed by atoms with Gasteiger partial charge in [0.25, 0.3) is 0 Å². The van der Waals surface area contributed by atoms with Crippen LogP contribution in [0.15, 0.2) is 29.8 Å². The molecular formula is C13H15ClN2S. The average molecular weight is 267 g/mol. The van der Waals surface area contributed by atoms with Crippen LogP contribution in [0.3, 0.4) is 0 Å². The predicted octanol–water partition coefficient (Wildman–Crippen LogP) is 3.96. The zero-order valence-electron chi connectivity index (χ0n) is 9.90. The highest BCUT2D eigenvalue weighted by atomic mass is 35.5. The number of nitrogens with one attached hydrogen (secondary N) is 1. The number of aromatic nitrogens is 1. The second-order valence-corrected chi connectivity index (χ2v) is 5.39. The Labute approximate surface area is 111 Å². The molecular weight excluding hydrogens is 252 g/mol. The van der Waals surface area contributed by atoms with Crippen molar-refractivity contribution in [3.63, 3.8) is 0 Å². The lowest BCUT2D eigenvalue weighted by atomic mass is 10.1. The van der Waals surface area contributed by atoms with Gasteiger partial charge >= 0.3 is 0 Å². The maximum Gasteiger partial charge on any atom is 0.0798 e. The Hall–Kier alpha value is -0.900. The lowest BCUT2D eigenvalue weighted by Gasteiger charge is -2.14. The maximum atomic E-state index is 5.98. The first-order valence-electron chi connectivity index (χ1n) is 5.54. The van der Waals surface area contributed by atoms with Gasteiger partial charge in [-0.25, -0.2) is 4.98 Å². The summed E-state index contributed by atoms with van der Waals surface area (Å²) in [5, 5.41) is 4.26. The first kappa shape index (κ1) is 12.6. The topological polar surface area (TPSA) is 24.9 Å². The quantitative estimate of drug-likeness (QED) is 0.906. The van der Waals surface area contributed by atoms with E-state index in [0.29, 0.717) is 0 Å². The minimum atomic E-state index is 0.287. The van der Waals surface area contributed by atoms with Crippen LogP contribution >= 0.6 is 22.9 Å². The fourth-order valence-electron chi connectivity index (χ4n) is 1.64. The van der Waals surface area contributed by atoms with E-state index in [4.69, 9.17) is 11.6 Å². The van der Waals surface area contributed by atoms with Crippen molar-refractivity contribution in [3.05, 3.63) is 50.9 Å². The van der Waals surface area contributed by atoms with Crippen molar-refractivity contribution in [1.82, 2.24) is 10.3 Å². The van der Waals surface area contributed by atoms with Gasteiger partial charge in [0, 0.05) is 22.5 Å². The van der Waals surface area contributed by atoms with Crippen LogP contribution in [0, 0.1) is 6.92 Å². The van der Waals surface area contributed by atoms with E-state index in [1.165, 1.54) is 10.4 Å². The van der Waals surface area contributed by atoms with Gasteiger partial charge in [-0.3, -0.25) is 0 Å². The molecule has 1 aromatic carbocycles. The minimum Gasteiger partial charge on any atom is -0.305 e. The highest BCUT2D eigenvalue weighted by Gasteiger charge is 2.07. The fourth-order valence-corrected chi connectivity index (χ4v) is 2.56. The van der Waals surface area contributed by atoms with E-state index in [1.54, 1.807) is 11.3 Å². The lowest BCUT2D eigenvalue weighted by molar-refractivity contribution is 0.577. The van der Waals surface area contributed by atoms with Crippen LogP contribution in [0.1, 0.15) is 29.1 Å². The number of aryl methyl sites for hydroxylation is 1. The SMILES string of the molecule is Cc1ncsc1CNC(C)c1cccc(Cl)c1. The second-order valence-electron chi connectivity index (χ2n) is 4.02.